The molecule has 0 atom stereocenters. The van der Waals surface area contributed by atoms with Crippen LogP contribution in [0.3, 0.4) is 0 Å². The molecule has 1 aromatic carbocycles. The van der Waals surface area contributed by atoms with E-state index in [0.717, 1.165) is 35.7 Å². The van der Waals surface area contributed by atoms with Crippen molar-refractivity contribution in [2.45, 2.75) is 39.5 Å². The van der Waals surface area contributed by atoms with Gasteiger partial charge in [0.1, 0.15) is 5.75 Å². The van der Waals surface area contributed by atoms with Gasteiger partial charge in [-0.05, 0) is 71.9 Å². The van der Waals surface area contributed by atoms with Gasteiger partial charge < -0.3 is 10.1 Å². The first-order valence-corrected chi connectivity index (χ1v) is 7.96. The maximum Gasteiger partial charge on any atom is 0.133 e. The first kappa shape index (κ1) is 16.5. The summed E-state index contributed by atoms with van der Waals surface area (Å²) in [4.78, 5) is 0. The van der Waals surface area contributed by atoms with Gasteiger partial charge in [0.15, 0.2) is 0 Å². The van der Waals surface area contributed by atoms with Crippen LogP contribution < -0.4 is 10.1 Å². The van der Waals surface area contributed by atoms with Gasteiger partial charge in [0.25, 0.3) is 0 Å². The fourth-order valence-corrected chi connectivity index (χ4v) is 2.60. The highest BCUT2D eigenvalue weighted by atomic mass is 79.9. The number of nitrogens with one attached hydrogen (secondary N) is 1. The lowest BCUT2D eigenvalue weighted by atomic mass is 10.1. The number of rotatable bonds is 9. The summed E-state index contributed by atoms with van der Waals surface area (Å²) in [7, 11) is 1.70. The van der Waals surface area contributed by atoms with E-state index in [1.165, 1.54) is 24.8 Å². The van der Waals surface area contributed by atoms with Gasteiger partial charge in [-0.25, -0.2) is 0 Å². The first-order valence-electron chi connectivity index (χ1n) is 7.16. The van der Waals surface area contributed by atoms with Crippen LogP contribution in [0, 0.1) is 5.92 Å². The molecule has 0 heterocycles. The maximum absolute atomic E-state index is 5.23. The molecule has 0 saturated heterocycles. The Morgan fingerprint density at radius 2 is 2.00 bits per heavy atom. The minimum Gasteiger partial charge on any atom is -0.496 e. The summed E-state index contributed by atoms with van der Waals surface area (Å²) in [6.45, 7) is 6.76. The van der Waals surface area contributed by atoms with E-state index in [2.05, 4.69) is 47.2 Å². The molecule has 0 bridgehead atoms. The molecule has 0 saturated carbocycles. The Balaban J connectivity index is 2.14. The number of aryl methyl sites for hydroxylation is 1. The number of unbranched alkanes of at least 4 members (excludes halogenated alkanes) is 2. The normalized spacial score (nSPS) is 11.0. The van der Waals surface area contributed by atoms with Crippen molar-refractivity contribution < 1.29 is 4.74 Å². The molecule has 0 amide bonds. The molecule has 108 valence electrons. The Kier molecular flexibility index (Phi) is 8.15. The second kappa shape index (κ2) is 9.38. The number of hydrogen-bond donors (Lipinski definition) is 1. The molecule has 0 spiro atoms. The highest BCUT2D eigenvalue weighted by Crippen LogP contribution is 2.26. The van der Waals surface area contributed by atoms with Crippen LogP contribution in [0.5, 0.6) is 5.75 Å². The van der Waals surface area contributed by atoms with E-state index >= 15 is 0 Å². The van der Waals surface area contributed by atoms with Gasteiger partial charge in [0.2, 0.25) is 0 Å². The third-order valence-corrected chi connectivity index (χ3v) is 3.71. The summed E-state index contributed by atoms with van der Waals surface area (Å²) in [6.07, 6.45) is 4.95. The van der Waals surface area contributed by atoms with Crippen LogP contribution in [0.2, 0.25) is 0 Å². The van der Waals surface area contributed by atoms with Crippen LogP contribution in [0.25, 0.3) is 0 Å². The van der Waals surface area contributed by atoms with Crippen molar-refractivity contribution in [3.05, 3.63) is 28.2 Å². The van der Waals surface area contributed by atoms with Gasteiger partial charge in [0.05, 0.1) is 11.6 Å². The molecule has 2 nitrogen and oxygen atoms in total. The van der Waals surface area contributed by atoms with Crippen molar-refractivity contribution in [2.75, 3.05) is 20.2 Å². The number of hydrogen-bond acceptors (Lipinski definition) is 2. The molecule has 1 aromatic rings. The van der Waals surface area contributed by atoms with Gasteiger partial charge in [-0.1, -0.05) is 26.3 Å². The Labute approximate surface area is 126 Å². The molecule has 0 aliphatic rings. The van der Waals surface area contributed by atoms with E-state index in [4.69, 9.17) is 4.74 Å². The topological polar surface area (TPSA) is 21.3 Å². The highest BCUT2D eigenvalue weighted by molar-refractivity contribution is 9.10. The molecular weight excluding hydrogens is 302 g/mol. The summed E-state index contributed by atoms with van der Waals surface area (Å²) in [5, 5.41) is 3.48. The second-order valence-electron chi connectivity index (χ2n) is 5.38. The van der Waals surface area contributed by atoms with E-state index in [9.17, 15) is 0 Å². The quantitative estimate of drug-likeness (QED) is 0.678. The van der Waals surface area contributed by atoms with E-state index in [1.54, 1.807) is 7.11 Å². The molecule has 19 heavy (non-hydrogen) atoms. The molecule has 0 fully saturated rings. The summed E-state index contributed by atoms with van der Waals surface area (Å²) in [5.41, 5.74) is 1.38. The van der Waals surface area contributed by atoms with Gasteiger partial charge in [-0.15, -0.1) is 0 Å². The minimum absolute atomic E-state index is 0.747. The number of ether oxygens (including phenoxy) is 1. The van der Waals surface area contributed by atoms with E-state index in [-0.39, 0.29) is 0 Å². The zero-order chi connectivity index (χ0) is 14.1. The third kappa shape index (κ3) is 6.98. The number of methoxy groups -OCH3 is 1. The zero-order valence-corrected chi connectivity index (χ0v) is 13.9. The first-order chi connectivity index (χ1) is 9.13. The zero-order valence-electron chi connectivity index (χ0n) is 12.3. The molecule has 3 heteroatoms. The van der Waals surface area contributed by atoms with Gasteiger partial charge >= 0.3 is 0 Å². The Morgan fingerprint density at radius 1 is 1.21 bits per heavy atom. The second-order valence-corrected chi connectivity index (χ2v) is 6.23. The summed E-state index contributed by atoms with van der Waals surface area (Å²) < 4.78 is 6.28. The van der Waals surface area contributed by atoms with Crippen LogP contribution in [-0.4, -0.2) is 20.2 Å². The van der Waals surface area contributed by atoms with E-state index in [0.29, 0.717) is 0 Å². The van der Waals surface area contributed by atoms with Crippen molar-refractivity contribution in [3.63, 3.8) is 0 Å². The van der Waals surface area contributed by atoms with Crippen LogP contribution in [0.4, 0.5) is 0 Å². The van der Waals surface area contributed by atoms with E-state index in [1.807, 2.05) is 6.07 Å². The number of halogens is 1. The summed E-state index contributed by atoms with van der Waals surface area (Å²) in [5.74, 6) is 1.65. The van der Waals surface area contributed by atoms with Gasteiger partial charge in [-0.2, -0.15) is 0 Å². The lowest BCUT2D eigenvalue weighted by Gasteiger charge is -2.08. The van der Waals surface area contributed by atoms with Crippen LogP contribution in [0.15, 0.2) is 22.7 Å². The van der Waals surface area contributed by atoms with Crippen molar-refractivity contribution in [1.82, 2.24) is 5.32 Å². The Morgan fingerprint density at radius 3 is 2.63 bits per heavy atom. The fraction of sp³-hybridized carbons (Fsp3) is 0.625. The molecular formula is C16H26BrNO. The number of benzene rings is 1. The average molecular weight is 328 g/mol. The fourth-order valence-electron chi connectivity index (χ4n) is 2.01. The standard InChI is InChI=1S/C16H26BrNO/c1-13(2)12-18-10-6-4-5-7-14-8-9-16(19-3)15(17)11-14/h8-9,11,13,18H,4-7,10,12H2,1-3H3. The molecule has 0 aromatic heterocycles. The predicted molar refractivity (Wildman–Crippen MR) is 86.0 cm³/mol. The third-order valence-electron chi connectivity index (χ3n) is 3.09. The average Bonchev–Trinajstić information content (AvgIpc) is 2.37. The van der Waals surface area contributed by atoms with Crippen molar-refractivity contribution in [1.29, 1.82) is 0 Å². The maximum atomic E-state index is 5.23. The predicted octanol–water partition coefficient (Wildman–Crippen LogP) is 4.42. The van der Waals surface area contributed by atoms with Gasteiger partial charge in [0, 0.05) is 0 Å². The summed E-state index contributed by atoms with van der Waals surface area (Å²) >= 11 is 3.53. The largest absolute Gasteiger partial charge is 0.496 e. The van der Waals surface area contributed by atoms with Crippen molar-refractivity contribution in [3.8, 4) is 5.75 Å². The highest BCUT2D eigenvalue weighted by Gasteiger charge is 2.01. The van der Waals surface area contributed by atoms with Gasteiger partial charge in [-0.3, -0.25) is 0 Å². The van der Waals surface area contributed by atoms with Crippen LogP contribution in [-0.2, 0) is 6.42 Å². The van der Waals surface area contributed by atoms with E-state index < -0.39 is 0 Å². The smallest absolute Gasteiger partial charge is 0.133 e. The lowest BCUT2D eigenvalue weighted by molar-refractivity contribution is 0.412. The van der Waals surface area contributed by atoms with Crippen LogP contribution in [0.1, 0.15) is 38.7 Å². The Bertz CT molecular complexity index is 366. The monoisotopic (exact) mass is 327 g/mol. The molecule has 0 aliphatic heterocycles. The van der Waals surface area contributed by atoms with Crippen molar-refractivity contribution >= 4 is 15.9 Å². The molecule has 1 rings (SSSR count). The van der Waals surface area contributed by atoms with Crippen LogP contribution >= 0.6 is 15.9 Å². The molecule has 0 unspecified atom stereocenters. The molecule has 0 aliphatic carbocycles. The van der Waals surface area contributed by atoms with Crippen molar-refractivity contribution in [2.24, 2.45) is 5.92 Å². The molecule has 0 radical (unpaired) electrons. The minimum atomic E-state index is 0.747. The SMILES string of the molecule is COc1ccc(CCCCCNCC(C)C)cc1Br. The summed E-state index contributed by atoms with van der Waals surface area (Å²) in [6, 6.07) is 6.35. The molecule has 1 N–H and O–H groups in total. The Hall–Kier alpha value is -0.540. The lowest BCUT2D eigenvalue weighted by Crippen LogP contribution is -2.20.